The molecule has 1 N–H and O–H groups in total. The molecule has 0 saturated heterocycles. The minimum absolute atomic E-state index is 0.209. The summed E-state index contributed by atoms with van der Waals surface area (Å²) in [5.41, 5.74) is 1.16. The molecule has 1 amide bonds. The van der Waals surface area contributed by atoms with E-state index in [0.717, 1.165) is 5.56 Å². The molecule has 1 rings (SSSR count). The Kier molecular flexibility index (Phi) is 1.94. The standard InChI is InChI=1S/C7H10N2O2/c1-4-5(2)11-9-6(4)7(10)8-3/h1-3H3,(H,8,10). The molecule has 0 spiro atoms. The molecular formula is C7H10N2O2. The quantitative estimate of drug-likeness (QED) is 0.646. The van der Waals surface area contributed by atoms with E-state index in [2.05, 4.69) is 10.5 Å². The van der Waals surface area contributed by atoms with Gasteiger partial charge >= 0.3 is 0 Å². The zero-order valence-electron chi connectivity index (χ0n) is 6.76. The first-order valence-electron chi connectivity index (χ1n) is 3.31. The molecule has 0 bridgehead atoms. The second kappa shape index (κ2) is 2.74. The van der Waals surface area contributed by atoms with Gasteiger partial charge in [0.15, 0.2) is 5.69 Å². The topological polar surface area (TPSA) is 55.1 Å². The van der Waals surface area contributed by atoms with Crippen LogP contribution >= 0.6 is 0 Å². The third-order valence-electron chi connectivity index (χ3n) is 1.60. The van der Waals surface area contributed by atoms with Gasteiger partial charge in [0.05, 0.1) is 0 Å². The lowest BCUT2D eigenvalue weighted by Gasteiger charge is -1.92. The first-order valence-corrected chi connectivity index (χ1v) is 3.31. The van der Waals surface area contributed by atoms with Crippen LogP contribution in [-0.4, -0.2) is 18.1 Å². The summed E-state index contributed by atoms with van der Waals surface area (Å²) in [5, 5.41) is 6.07. The lowest BCUT2D eigenvalue weighted by molar-refractivity contribution is 0.0953. The predicted molar refractivity (Wildman–Crippen MR) is 39.4 cm³/mol. The van der Waals surface area contributed by atoms with Crippen LogP contribution in [-0.2, 0) is 0 Å². The maximum atomic E-state index is 11.0. The molecule has 60 valence electrons. The van der Waals surface area contributed by atoms with E-state index < -0.39 is 0 Å². The second-order valence-corrected chi connectivity index (χ2v) is 2.29. The van der Waals surface area contributed by atoms with E-state index in [1.54, 1.807) is 20.9 Å². The summed E-state index contributed by atoms with van der Waals surface area (Å²) in [6, 6.07) is 0. The molecule has 0 radical (unpaired) electrons. The van der Waals surface area contributed by atoms with Crippen LogP contribution in [0.5, 0.6) is 0 Å². The number of aryl methyl sites for hydroxylation is 1. The van der Waals surface area contributed by atoms with E-state index in [1.165, 1.54) is 0 Å². The Balaban J connectivity index is 3.04. The van der Waals surface area contributed by atoms with Crippen LogP contribution in [0.15, 0.2) is 4.52 Å². The number of nitrogens with one attached hydrogen (secondary N) is 1. The summed E-state index contributed by atoms with van der Waals surface area (Å²) >= 11 is 0. The van der Waals surface area contributed by atoms with Gasteiger partial charge in [-0.25, -0.2) is 0 Å². The number of aromatic nitrogens is 1. The summed E-state index contributed by atoms with van der Waals surface area (Å²) in [4.78, 5) is 11.0. The zero-order chi connectivity index (χ0) is 8.43. The highest BCUT2D eigenvalue weighted by Crippen LogP contribution is 2.10. The summed E-state index contributed by atoms with van der Waals surface area (Å²) < 4.78 is 4.81. The number of amides is 1. The fourth-order valence-corrected chi connectivity index (χ4v) is 0.748. The smallest absolute Gasteiger partial charge is 0.273 e. The Morgan fingerprint density at radius 2 is 2.18 bits per heavy atom. The fraction of sp³-hybridized carbons (Fsp3) is 0.429. The maximum Gasteiger partial charge on any atom is 0.273 e. The summed E-state index contributed by atoms with van der Waals surface area (Å²) in [7, 11) is 1.56. The van der Waals surface area contributed by atoms with Gasteiger partial charge in [-0.1, -0.05) is 5.16 Å². The number of carbonyl (C=O) groups is 1. The summed E-state index contributed by atoms with van der Waals surface area (Å²) in [6.45, 7) is 3.57. The number of hydrogen-bond donors (Lipinski definition) is 1. The summed E-state index contributed by atoms with van der Waals surface area (Å²) in [5.74, 6) is 0.475. The average Bonchev–Trinajstić information content (AvgIpc) is 2.32. The minimum atomic E-state index is -0.209. The van der Waals surface area contributed by atoms with Crippen molar-refractivity contribution in [1.82, 2.24) is 10.5 Å². The Bertz CT molecular complexity index is 278. The SMILES string of the molecule is CNC(=O)c1noc(C)c1C. The fourth-order valence-electron chi connectivity index (χ4n) is 0.748. The highest BCUT2D eigenvalue weighted by atomic mass is 16.5. The van der Waals surface area contributed by atoms with Gasteiger partial charge < -0.3 is 9.84 Å². The first kappa shape index (κ1) is 7.78. The first-order chi connectivity index (χ1) is 5.16. The van der Waals surface area contributed by atoms with E-state index in [-0.39, 0.29) is 5.91 Å². The lowest BCUT2D eigenvalue weighted by Crippen LogP contribution is -2.19. The predicted octanol–water partition coefficient (Wildman–Crippen LogP) is 0.651. The van der Waals surface area contributed by atoms with Crippen LogP contribution in [0.25, 0.3) is 0 Å². The van der Waals surface area contributed by atoms with E-state index in [4.69, 9.17) is 4.52 Å². The molecular weight excluding hydrogens is 144 g/mol. The van der Waals surface area contributed by atoms with Crippen molar-refractivity contribution in [3.8, 4) is 0 Å². The second-order valence-electron chi connectivity index (χ2n) is 2.29. The van der Waals surface area contributed by atoms with Gasteiger partial charge in [0.1, 0.15) is 5.76 Å². The Morgan fingerprint density at radius 3 is 2.55 bits per heavy atom. The number of hydrogen-bond acceptors (Lipinski definition) is 3. The molecule has 0 atom stereocenters. The molecule has 4 nitrogen and oxygen atoms in total. The van der Waals surface area contributed by atoms with Gasteiger partial charge in [0, 0.05) is 12.6 Å². The molecule has 0 aliphatic heterocycles. The number of rotatable bonds is 1. The maximum absolute atomic E-state index is 11.0. The van der Waals surface area contributed by atoms with Gasteiger partial charge in [-0.3, -0.25) is 4.79 Å². The van der Waals surface area contributed by atoms with Crippen LogP contribution in [0.4, 0.5) is 0 Å². The Labute approximate surface area is 64.6 Å². The molecule has 4 heteroatoms. The monoisotopic (exact) mass is 154 g/mol. The third-order valence-corrected chi connectivity index (χ3v) is 1.60. The van der Waals surface area contributed by atoms with E-state index in [1.807, 2.05) is 0 Å². The normalized spacial score (nSPS) is 9.73. The average molecular weight is 154 g/mol. The van der Waals surface area contributed by atoms with Gasteiger partial charge in [-0.05, 0) is 13.8 Å². The zero-order valence-corrected chi connectivity index (χ0v) is 6.76. The lowest BCUT2D eigenvalue weighted by atomic mass is 10.2. The third kappa shape index (κ3) is 1.24. The molecule has 1 aromatic heterocycles. The van der Waals surface area contributed by atoms with Crippen molar-refractivity contribution in [3.05, 3.63) is 17.0 Å². The van der Waals surface area contributed by atoms with Crippen molar-refractivity contribution in [2.45, 2.75) is 13.8 Å². The van der Waals surface area contributed by atoms with E-state index in [9.17, 15) is 4.79 Å². The van der Waals surface area contributed by atoms with Crippen LogP contribution in [0.2, 0.25) is 0 Å². The molecule has 0 fully saturated rings. The van der Waals surface area contributed by atoms with Crippen LogP contribution < -0.4 is 5.32 Å². The number of carbonyl (C=O) groups excluding carboxylic acids is 1. The van der Waals surface area contributed by atoms with Crippen molar-refractivity contribution in [2.75, 3.05) is 7.05 Å². The van der Waals surface area contributed by atoms with Crippen molar-refractivity contribution in [2.24, 2.45) is 0 Å². The molecule has 0 saturated carbocycles. The molecule has 11 heavy (non-hydrogen) atoms. The molecule has 0 unspecified atom stereocenters. The Hall–Kier alpha value is -1.32. The van der Waals surface area contributed by atoms with E-state index >= 15 is 0 Å². The van der Waals surface area contributed by atoms with Crippen molar-refractivity contribution in [3.63, 3.8) is 0 Å². The van der Waals surface area contributed by atoms with Gasteiger partial charge in [0.25, 0.3) is 5.91 Å². The summed E-state index contributed by atoms with van der Waals surface area (Å²) in [6.07, 6.45) is 0. The number of nitrogens with zero attached hydrogens (tertiary/aromatic N) is 1. The largest absolute Gasteiger partial charge is 0.361 e. The van der Waals surface area contributed by atoms with Gasteiger partial charge in [0.2, 0.25) is 0 Å². The van der Waals surface area contributed by atoms with Gasteiger partial charge in [-0.15, -0.1) is 0 Å². The van der Waals surface area contributed by atoms with Gasteiger partial charge in [-0.2, -0.15) is 0 Å². The van der Waals surface area contributed by atoms with E-state index in [0.29, 0.717) is 11.5 Å². The van der Waals surface area contributed by atoms with Crippen LogP contribution in [0.3, 0.4) is 0 Å². The van der Waals surface area contributed by atoms with Crippen LogP contribution in [0, 0.1) is 13.8 Å². The van der Waals surface area contributed by atoms with Crippen molar-refractivity contribution in [1.29, 1.82) is 0 Å². The highest BCUT2D eigenvalue weighted by Gasteiger charge is 2.13. The highest BCUT2D eigenvalue weighted by molar-refractivity contribution is 5.93. The van der Waals surface area contributed by atoms with Crippen LogP contribution in [0.1, 0.15) is 21.8 Å². The van der Waals surface area contributed by atoms with Crippen molar-refractivity contribution < 1.29 is 9.32 Å². The van der Waals surface area contributed by atoms with Crippen molar-refractivity contribution >= 4 is 5.91 Å². The Morgan fingerprint density at radius 1 is 1.55 bits per heavy atom. The molecule has 0 aliphatic carbocycles. The minimum Gasteiger partial charge on any atom is -0.361 e. The molecule has 0 aromatic carbocycles. The molecule has 0 aliphatic rings. The molecule has 1 heterocycles. The molecule has 1 aromatic rings.